The maximum Gasteiger partial charge on any atom is 0.275 e. The van der Waals surface area contributed by atoms with Crippen molar-refractivity contribution < 1.29 is 9.53 Å². The van der Waals surface area contributed by atoms with E-state index in [1.165, 1.54) is 5.56 Å². The molecular formula is C20H23N5O2. The molecule has 0 unspecified atom stereocenters. The van der Waals surface area contributed by atoms with Crippen LogP contribution in [0.25, 0.3) is 0 Å². The van der Waals surface area contributed by atoms with Gasteiger partial charge in [-0.1, -0.05) is 31.2 Å². The van der Waals surface area contributed by atoms with Gasteiger partial charge in [-0.15, -0.1) is 10.2 Å². The molecule has 1 amide bonds. The minimum atomic E-state index is -0.307. The predicted molar refractivity (Wildman–Crippen MR) is 104 cm³/mol. The summed E-state index contributed by atoms with van der Waals surface area (Å²) in [5.74, 6) is 0.863. The Kier molecular flexibility index (Phi) is 6.04. The van der Waals surface area contributed by atoms with Crippen LogP contribution in [0, 0.1) is 0 Å². The molecule has 27 heavy (non-hydrogen) atoms. The molecule has 2 aromatic carbocycles. The Morgan fingerprint density at radius 2 is 1.89 bits per heavy atom. The molecule has 0 spiro atoms. The molecule has 3 rings (SSSR count). The molecule has 0 fully saturated rings. The summed E-state index contributed by atoms with van der Waals surface area (Å²) in [4.78, 5) is 12.5. The molecule has 0 radical (unpaired) electrons. The molecule has 7 nitrogen and oxygen atoms in total. The largest absolute Gasteiger partial charge is 0.494 e. The summed E-state index contributed by atoms with van der Waals surface area (Å²) in [5, 5.41) is 16.5. The highest BCUT2D eigenvalue weighted by atomic mass is 16.5. The summed E-state index contributed by atoms with van der Waals surface area (Å²) in [5.41, 5.74) is 3.26. The van der Waals surface area contributed by atoms with E-state index in [2.05, 4.69) is 33.0 Å². The zero-order chi connectivity index (χ0) is 19.1. The Bertz CT molecular complexity index is 889. The van der Waals surface area contributed by atoms with Crippen LogP contribution in [0.4, 0.5) is 11.5 Å². The van der Waals surface area contributed by atoms with Crippen molar-refractivity contribution >= 4 is 17.4 Å². The number of anilines is 2. The molecule has 1 heterocycles. The van der Waals surface area contributed by atoms with Crippen molar-refractivity contribution in [3.63, 3.8) is 0 Å². The lowest BCUT2D eigenvalue weighted by molar-refractivity contribution is 0.0946. The van der Waals surface area contributed by atoms with E-state index in [-0.39, 0.29) is 11.6 Å². The van der Waals surface area contributed by atoms with Crippen LogP contribution < -0.4 is 15.4 Å². The second-order valence-corrected chi connectivity index (χ2v) is 5.96. The van der Waals surface area contributed by atoms with Crippen LogP contribution in [0.2, 0.25) is 0 Å². The first-order valence-corrected chi connectivity index (χ1v) is 8.96. The number of nitrogens with one attached hydrogen (secondary N) is 3. The minimum absolute atomic E-state index is 0.218. The number of benzene rings is 2. The molecule has 0 atom stereocenters. The number of H-pyrrole nitrogens is 1. The van der Waals surface area contributed by atoms with Gasteiger partial charge in [0.15, 0.2) is 11.5 Å². The topological polar surface area (TPSA) is 91.9 Å². The fourth-order valence-corrected chi connectivity index (χ4v) is 2.61. The van der Waals surface area contributed by atoms with Crippen molar-refractivity contribution in [3.8, 4) is 5.75 Å². The number of carbonyl (C=O) groups excluding carboxylic acids is 1. The van der Waals surface area contributed by atoms with Gasteiger partial charge in [0.1, 0.15) is 5.75 Å². The number of aryl methyl sites for hydroxylation is 1. The summed E-state index contributed by atoms with van der Waals surface area (Å²) >= 11 is 0. The first-order valence-electron chi connectivity index (χ1n) is 8.96. The van der Waals surface area contributed by atoms with Crippen LogP contribution in [-0.2, 0) is 13.0 Å². The molecule has 0 aliphatic carbocycles. The lowest BCUT2D eigenvalue weighted by atomic mass is 10.1. The number of hydrogen-bond donors (Lipinski definition) is 3. The van der Waals surface area contributed by atoms with E-state index in [1.807, 2.05) is 55.5 Å². The molecule has 0 bridgehead atoms. The molecule has 3 N–H and O–H groups in total. The number of aromatic amines is 1. The van der Waals surface area contributed by atoms with Crippen molar-refractivity contribution in [1.29, 1.82) is 0 Å². The third-order valence-corrected chi connectivity index (χ3v) is 4.05. The fourth-order valence-electron chi connectivity index (χ4n) is 2.61. The van der Waals surface area contributed by atoms with Crippen molar-refractivity contribution in [2.24, 2.45) is 0 Å². The SMILES string of the molecule is CCOc1cccc(CNC(=O)c2n[nH]nc2Nc2ccc(CC)cc2)c1. The van der Waals surface area contributed by atoms with E-state index >= 15 is 0 Å². The van der Waals surface area contributed by atoms with Gasteiger partial charge in [0.05, 0.1) is 6.61 Å². The van der Waals surface area contributed by atoms with Gasteiger partial charge in [-0.2, -0.15) is 5.21 Å². The van der Waals surface area contributed by atoms with Crippen molar-refractivity contribution in [1.82, 2.24) is 20.7 Å². The number of ether oxygens (including phenoxy) is 1. The summed E-state index contributed by atoms with van der Waals surface area (Å²) in [7, 11) is 0. The van der Waals surface area contributed by atoms with Crippen molar-refractivity contribution in [2.75, 3.05) is 11.9 Å². The minimum Gasteiger partial charge on any atom is -0.494 e. The van der Waals surface area contributed by atoms with Gasteiger partial charge in [0, 0.05) is 12.2 Å². The molecule has 0 aliphatic rings. The summed E-state index contributed by atoms with van der Waals surface area (Å²) in [6.07, 6.45) is 0.975. The molecule has 0 aliphatic heterocycles. The Hall–Kier alpha value is -3.35. The second-order valence-electron chi connectivity index (χ2n) is 5.96. The van der Waals surface area contributed by atoms with Gasteiger partial charge in [-0.05, 0) is 48.7 Å². The number of carbonyl (C=O) groups is 1. The van der Waals surface area contributed by atoms with Crippen LogP contribution in [0.5, 0.6) is 5.75 Å². The van der Waals surface area contributed by atoms with Gasteiger partial charge in [-0.25, -0.2) is 0 Å². The Morgan fingerprint density at radius 1 is 1.07 bits per heavy atom. The van der Waals surface area contributed by atoms with Crippen molar-refractivity contribution in [3.05, 3.63) is 65.4 Å². The first kappa shape index (κ1) is 18.4. The molecule has 1 aromatic heterocycles. The average molecular weight is 365 g/mol. The summed E-state index contributed by atoms with van der Waals surface area (Å²) < 4.78 is 5.48. The van der Waals surface area contributed by atoms with E-state index in [1.54, 1.807) is 0 Å². The maximum absolute atomic E-state index is 12.5. The fraction of sp³-hybridized carbons (Fsp3) is 0.250. The average Bonchev–Trinajstić information content (AvgIpc) is 3.15. The molecule has 7 heteroatoms. The number of nitrogens with zero attached hydrogens (tertiary/aromatic N) is 2. The zero-order valence-electron chi connectivity index (χ0n) is 15.5. The van der Waals surface area contributed by atoms with Crippen LogP contribution in [0.3, 0.4) is 0 Å². The number of amides is 1. The first-order chi connectivity index (χ1) is 13.2. The lowest BCUT2D eigenvalue weighted by Gasteiger charge is -2.08. The molecule has 3 aromatic rings. The normalized spacial score (nSPS) is 10.4. The highest BCUT2D eigenvalue weighted by molar-refractivity contribution is 5.97. The standard InChI is InChI=1S/C20H23N5O2/c1-3-14-8-10-16(11-9-14)22-19-18(23-25-24-19)20(26)21-13-15-6-5-7-17(12-15)27-4-2/h5-12H,3-4,13H2,1-2H3,(H,21,26)(H2,22,23,24,25). The van der Waals surface area contributed by atoms with E-state index in [0.29, 0.717) is 19.0 Å². The third-order valence-electron chi connectivity index (χ3n) is 4.05. The summed E-state index contributed by atoms with van der Waals surface area (Å²) in [6.45, 7) is 5.01. The zero-order valence-corrected chi connectivity index (χ0v) is 15.5. The monoisotopic (exact) mass is 365 g/mol. The Balaban J connectivity index is 1.64. The number of rotatable bonds is 8. The number of hydrogen-bond acceptors (Lipinski definition) is 5. The maximum atomic E-state index is 12.5. The third kappa shape index (κ3) is 4.84. The van der Waals surface area contributed by atoms with E-state index in [4.69, 9.17) is 4.74 Å². The van der Waals surface area contributed by atoms with E-state index in [0.717, 1.165) is 23.4 Å². The quantitative estimate of drug-likeness (QED) is 0.569. The summed E-state index contributed by atoms with van der Waals surface area (Å²) in [6, 6.07) is 15.6. The molecule has 140 valence electrons. The highest BCUT2D eigenvalue weighted by Crippen LogP contribution is 2.18. The van der Waals surface area contributed by atoms with Gasteiger partial charge < -0.3 is 15.4 Å². The van der Waals surface area contributed by atoms with Gasteiger partial charge in [-0.3, -0.25) is 4.79 Å². The number of aromatic nitrogens is 3. The lowest BCUT2D eigenvalue weighted by Crippen LogP contribution is -2.24. The van der Waals surface area contributed by atoms with E-state index in [9.17, 15) is 4.79 Å². The van der Waals surface area contributed by atoms with Crippen LogP contribution in [0.15, 0.2) is 48.5 Å². The molecular weight excluding hydrogens is 342 g/mol. The van der Waals surface area contributed by atoms with Gasteiger partial charge in [0.2, 0.25) is 0 Å². The molecule has 0 saturated heterocycles. The van der Waals surface area contributed by atoms with Crippen LogP contribution in [0.1, 0.15) is 35.5 Å². The van der Waals surface area contributed by atoms with E-state index < -0.39 is 0 Å². The van der Waals surface area contributed by atoms with Crippen molar-refractivity contribution in [2.45, 2.75) is 26.8 Å². The van der Waals surface area contributed by atoms with Crippen LogP contribution in [-0.4, -0.2) is 27.9 Å². The Labute approximate surface area is 158 Å². The Morgan fingerprint density at radius 3 is 2.63 bits per heavy atom. The van der Waals surface area contributed by atoms with Gasteiger partial charge in [0.25, 0.3) is 5.91 Å². The van der Waals surface area contributed by atoms with Gasteiger partial charge >= 0.3 is 0 Å². The smallest absolute Gasteiger partial charge is 0.275 e. The van der Waals surface area contributed by atoms with Crippen LogP contribution >= 0.6 is 0 Å². The highest BCUT2D eigenvalue weighted by Gasteiger charge is 2.16. The predicted octanol–water partition coefficient (Wildman–Crippen LogP) is 3.44. The second kappa shape index (κ2) is 8.84. The molecule has 0 saturated carbocycles.